The predicted octanol–water partition coefficient (Wildman–Crippen LogP) is 3.47. The Morgan fingerprint density at radius 3 is 2.71 bits per heavy atom. The maximum Gasteiger partial charge on any atom is 0.121 e. The highest BCUT2D eigenvalue weighted by molar-refractivity contribution is 5.78. The summed E-state index contributed by atoms with van der Waals surface area (Å²) in [6.45, 7) is 5.15. The lowest BCUT2D eigenvalue weighted by atomic mass is 9.96. The molecule has 0 aliphatic heterocycles. The summed E-state index contributed by atoms with van der Waals surface area (Å²) < 4.78 is 7.75. The SMILES string of the molecule is COc1ccc2c(c1)nc(C(CN)CC(C)C)n2C1CC1. The van der Waals surface area contributed by atoms with Crippen LogP contribution in [0.2, 0.25) is 0 Å². The van der Waals surface area contributed by atoms with Gasteiger partial charge in [-0.3, -0.25) is 0 Å². The van der Waals surface area contributed by atoms with Gasteiger partial charge in [0.1, 0.15) is 11.6 Å². The summed E-state index contributed by atoms with van der Waals surface area (Å²) in [5.74, 6) is 2.99. The predicted molar refractivity (Wildman–Crippen MR) is 85.8 cm³/mol. The molecule has 1 aliphatic rings. The van der Waals surface area contributed by atoms with Crippen molar-refractivity contribution >= 4 is 11.0 Å². The lowest BCUT2D eigenvalue weighted by Crippen LogP contribution is -2.19. The number of imidazole rings is 1. The van der Waals surface area contributed by atoms with Crippen LogP contribution in [0.4, 0.5) is 0 Å². The first-order valence-corrected chi connectivity index (χ1v) is 7.90. The quantitative estimate of drug-likeness (QED) is 0.885. The molecule has 1 fully saturated rings. The van der Waals surface area contributed by atoms with Crippen molar-refractivity contribution in [3.05, 3.63) is 24.0 Å². The Morgan fingerprint density at radius 1 is 1.38 bits per heavy atom. The lowest BCUT2D eigenvalue weighted by Gasteiger charge is -2.18. The molecule has 4 nitrogen and oxygen atoms in total. The van der Waals surface area contributed by atoms with Gasteiger partial charge in [0.15, 0.2) is 0 Å². The molecule has 0 radical (unpaired) electrons. The molecule has 21 heavy (non-hydrogen) atoms. The van der Waals surface area contributed by atoms with Gasteiger partial charge in [0.05, 0.1) is 18.1 Å². The van der Waals surface area contributed by atoms with Gasteiger partial charge in [-0.15, -0.1) is 0 Å². The van der Waals surface area contributed by atoms with Gasteiger partial charge in [0.2, 0.25) is 0 Å². The van der Waals surface area contributed by atoms with E-state index in [2.05, 4.69) is 24.5 Å². The summed E-state index contributed by atoms with van der Waals surface area (Å²) in [7, 11) is 1.70. The third-order valence-electron chi connectivity index (χ3n) is 4.24. The van der Waals surface area contributed by atoms with Crippen molar-refractivity contribution in [3.8, 4) is 5.75 Å². The van der Waals surface area contributed by atoms with Gasteiger partial charge in [-0.1, -0.05) is 13.8 Å². The number of fused-ring (bicyclic) bond motifs is 1. The van der Waals surface area contributed by atoms with Gasteiger partial charge in [0, 0.05) is 24.6 Å². The Kier molecular flexibility index (Phi) is 3.89. The van der Waals surface area contributed by atoms with Gasteiger partial charge in [-0.2, -0.15) is 0 Å². The van der Waals surface area contributed by atoms with Gasteiger partial charge < -0.3 is 15.0 Å². The summed E-state index contributed by atoms with van der Waals surface area (Å²) in [6, 6.07) is 6.79. The molecule has 1 unspecified atom stereocenters. The van der Waals surface area contributed by atoms with Crippen LogP contribution in [0.3, 0.4) is 0 Å². The summed E-state index contributed by atoms with van der Waals surface area (Å²) in [5, 5.41) is 0. The molecule has 1 heterocycles. The summed E-state index contributed by atoms with van der Waals surface area (Å²) >= 11 is 0. The van der Waals surface area contributed by atoms with Crippen LogP contribution in [0, 0.1) is 5.92 Å². The molecule has 0 amide bonds. The minimum atomic E-state index is 0.337. The standard InChI is InChI=1S/C17H25N3O/c1-11(2)8-12(10-18)17-19-15-9-14(21-3)6-7-16(15)20(17)13-4-5-13/h6-7,9,11-13H,4-5,8,10,18H2,1-3H3. The molecule has 1 atom stereocenters. The Labute approximate surface area is 126 Å². The number of benzene rings is 1. The second kappa shape index (κ2) is 5.68. The highest BCUT2D eigenvalue weighted by Gasteiger charge is 2.31. The van der Waals surface area contributed by atoms with Crippen molar-refractivity contribution in [2.75, 3.05) is 13.7 Å². The van der Waals surface area contributed by atoms with Crippen molar-refractivity contribution in [2.45, 2.75) is 45.1 Å². The normalized spacial score (nSPS) is 16.6. The molecule has 2 aromatic rings. The smallest absolute Gasteiger partial charge is 0.121 e. The van der Waals surface area contributed by atoms with Crippen LogP contribution in [0.25, 0.3) is 11.0 Å². The molecule has 1 aromatic carbocycles. The summed E-state index contributed by atoms with van der Waals surface area (Å²) in [5.41, 5.74) is 8.29. The zero-order valence-electron chi connectivity index (χ0n) is 13.2. The Balaban J connectivity index is 2.09. The molecule has 1 aliphatic carbocycles. The van der Waals surface area contributed by atoms with Crippen molar-refractivity contribution < 1.29 is 4.74 Å². The zero-order chi connectivity index (χ0) is 15.0. The van der Waals surface area contributed by atoms with Gasteiger partial charge in [-0.25, -0.2) is 4.98 Å². The molecule has 0 bridgehead atoms. The molecular formula is C17H25N3O. The van der Waals surface area contributed by atoms with E-state index in [1.165, 1.54) is 18.4 Å². The summed E-state index contributed by atoms with van der Waals surface area (Å²) in [6.07, 6.45) is 3.59. The van der Waals surface area contributed by atoms with Crippen LogP contribution < -0.4 is 10.5 Å². The second-order valence-corrected chi connectivity index (χ2v) is 6.49. The minimum Gasteiger partial charge on any atom is -0.497 e. The first-order chi connectivity index (χ1) is 10.1. The van der Waals surface area contributed by atoms with E-state index < -0.39 is 0 Å². The van der Waals surface area contributed by atoms with Crippen LogP contribution in [0.1, 0.15) is 50.9 Å². The Hall–Kier alpha value is -1.55. The monoisotopic (exact) mass is 287 g/mol. The fraction of sp³-hybridized carbons (Fsp3) is 0.588. The number of hydrogen-bond donors (Lipinski definition) is 1. The molecule has 4 heteroatoms. The molecule has 0 spiro atoms. The number of nitrogens with two attached hydrogens (primary N) is 1. The van der Waals surface area contributed by atoms with Gasteiger partial charge in [0.25, 0.3) is 0 Å². The number of hydrogen-bond acceptors (Lipinski definition) is 3. The fourth-order valence-electron chi connectivity index (χ4n) is 3.10. The number of ether oxygens (including phenoxy) is 1. The van der Waals surface area contributed by atoms with Crippen LogP contribution in [0.5, 0.6) is 5.75 Å². The van der Waals surface area contributed by atoms with Crippen molar-refractivity contribution in [1.82, 2.24) is 9.55 Å². The van der Waals surface area contributed by atoms with E-state index in [-0.39, 0.29) is 0 Å². The highest BCUT2D eigenvalue weighted by Crippen LogP contribution is 2.41. The van der Waals surface area contributed by atoms with E-state index in [1.807, 2.05) is 12.1 Å². The molecule has 2 N–H and O–H groups in total. The summed E-state index contributed by atoms with van der Waals surface area (Å²) in [4.78, 5) is 4.91. The molecule has 0 saturated heterocycles. The van der Waals surface area contributed by atoms with E-state index >= 15 is 0 Å². The van der Waals surface area contributed by atoms with E-state index in [1.54, 1.807) is 7.11 Å². The molecule has 3 rings (SSSR count). The fourth-order valence-corrected chi connectivity index (χ4v) is 3.10. The Morgan fingerprint density at radius 2 is 2.14 bits per heavy atom. The van der Waals surface area contributed by atoms with Crippen molar-refractivity contribution in [3.63, 3.8) is 0 Å². The third-order valence-corrected chi connectivity index (χ3v) is 4.24. The van der Waals surface area contributed by atoms with Crippen LogP contribution in [-0.2, 0) is 0 Å². The highest BCUT2D eigenvalue weighted by atomic mass is 16.5. The first kappa shape index (κ1) is 14.4. The molecular weight excluding hydrogens is 262 g/mol. The van der Waals surface area contributed by atoms with Crippen molar-refractivity contribution in [2.24, 2.45) is 11.7 Å². The maximum atomic E-state index is 6.04. The minimum absolute atomic E-state index is 0.337. The maximum absolute atomic E-state index is 6.04. The van der Waals surface area contributed by atoms with Crippen LogP contribution >= 0.6 is 0 Å². The number of methoxy groups -OCH3 is 1. The van der Waals surface area contributed by atoms with E-state index in [0.29, 0.717) is 24.4 Å². The molecule has 1 saturated carbocycles. The second-order valence-electron chi connectivity index (χ2n) is 6.49. The third kappa shape index (κ3) is 2.77. The average Bonchev–Trinajstić information content (AvgIpc) is 3.24. The van der Waals surface area contributed by atoms with Gasteiger partial charge >= 0.3 is 0 Å². The topological polar surface area (TPSA) is 53.1 Å². The Bertz CT molecular complexity index is 628. The molecule has 114 valence electrons. The number of rotatable bonds is 6. The number of nitrogens with zero attached hydrogens (tertiary/aromatic N) is 2. The number of aromatic nitrogens is 2. The van der Waals surface area contributed by atoms with E-state index in [0.717, 1.165) is 23.5 Å². The van der Waals surface area contributed by atoms with E-state index in [4.69, 9.17) is 15.5 Å². The molecule has 1 aromatic heterocycles. The lowest BCUT2D eigenvalue weighted by molar-refractivity contribution is 0.415. The van der Waals surface area contributed by atoms with Gasteiger partial charge in [-0.05, 0) is 37.3 Å². The average molecular weight is 287 g/mol. The van der Waals surface area contributed by atoms with Crippen molar-refractivity contribution in [1.29, 1.82) is 0 Å². The van der Waals surface area contributed by atoms with Crippen LogP contribution in [-0.4, -0.2) is 23.2 Å². The van der Waals surface area contributed by atoms with E-state index in [9.17, 15) is 0 Å². The largest absolute Gasteiger partial charge is 0.497 e. The first-order valence-electron chi connectivity index (χ1n) is 7.90. The zero-order valence-corrected chi connectivity index (χ0v) is 13.2. The van der Waals surface area contributed by atoms with Crippen LogP contribution in [0.15, 0.2) is 18.2 Å².